The molecule has 4 rings (SSSR count). The third-order valence-electron chi connectivity index (χ3n) is 5.62. The molecule has 6 heteroatoms. The number of fused-ring (bicyclic) bond motifs is 1. The molecule has 1 saturated heterocycles. The molecule has 2 aromatic rings. The van der Waals surface area contributed by atoms with Gasteiger partial charge in [0.25, 0.3) is 0 Å². The summed E-state index contributed by atoms with van der Waals surface area (Å²) in [5.74, 6) is 1.71. The predicted octanol–water partition coefficient (Wildman–Crippen LogP) is 5.03. The van der Waals surface area contributed by atoms with Gasteiger partial charge >= 0.3 is 0 Å². The van der Waals surface area contributed by atoms with Crippen LogP contribution in [0.4, 0.5) is 5.69 Å². The molecule has 3 atom stereocenters. The third kappa shape index (κ3) is 3.92. The minimum Gasteiger partial charge on any atom is -0.457 e. The van der Waals surface area contributed by atoms with E-state index in [1.165, 1.54) is 4.90 Å². The number of hydrogen-bond acceptors (Lipinski definition) is 4. The first kappa shape index (κ1) is 19.0. The number of likely N-dealkylation sites (tertiary alicyclic amines) is 1. The summed E-state index contributed by atoms with van der Waals surface area (Å²) < 4.78 is 6.81. The standard InChI is InChI=1S/C22H23BrN2O3/c1-14-2-11-19-20(12-14)22(27)25(21(19)26)13-24-16-5-9-18(10-6-16)28-17-7-3-15(23)4-8-17/h3-10,14,19-20,24H,2,11-13H2,1H3/t14-,19+,20+/m1/s1. The maximum atomic E-state index is 12.6. The number of amides is 2. The molecule has 0 bridgehead atoms. The highest BCUT2D eigenvalue weighted by molar-refractivity contribution is 9.10. The van der Waals surface area contributed by atoms with Crippen LogP contribution in [0.5, 0.6) is 11.5 Å². The Kier molecular flexibility index (Phi) is 5.40. The molecule has 1 N–H and O–H groups in total. The van der Waals surface area contributed by atoms with Crippen LogP contribution in [0.1, 0.15) is 26.2 Å². The molecule has 2 aromatic carbocycles. The van der Waals surface area contributed by atoms with Crippen LogP contribution >= 0.6 is 15.9 Å². The van der Waals surface area contributed by atoms with Crippen molar-refractivity contribution in [1.82, 2.24) is 4.90 Å². The van der Waals surface area contributed by atoms with Gasteiger partial charge in [0.2, 0.25) is 11.8 Å². The van der Waals surface area contributed by atoms with Crippen LogP contribution in [-0.4, -0.2) is 23.4 Å². The van der Waals surface area contributed by atoms with E-state index in [4.69, 9.17) is 4.74 Å². The molecule has 146 valence electrons. The Morgan fingerprint density at radius 2 is 1.57 bits per heavy atom. The summed E-state index contributed by atoms with van der Waals surface area (Å²) in [7, 11) is 0. The second kappa shape index (κ2) is 7.95. The molecule has 1 aliphatic carbocycles. The highest BCUT2D eigenvalue weighted by Gasteiger charge is 2.49. The van der Waals surface area contributed by atoms with Crippen LogP contribution in [-0.2, 0) is 9.59 Å². The maximum Gasteiger partial charge on any atom is 0.234 e. The molecule has 1 saturated carbocycles. The van der Waals surface area contributed by atoms with Crippen molar-refractivity contribution in [2.24, 2.45) is 17.8 Å². The molecular formula is C22H23BrN2O3. The molecule has 2 aliphatic rings. The summed E-state index contributed by atoms with van der Waals surface area (Å²) in [4.78, 5) is 26.6. The smallest absolute Gasteiger partial charge is 0.234 e. The number of hydrogen-bond donors (Lipinski definition) is 1. The average molecular weight is 443 g/mol. The number of nitrogens with one attached hydrogen (secondary N) is 1. The Hall–Kier alpha value is -2.34. The fraction of sp³-hybridized carbons (Fsp3) is 0.364. The lowest BCUT2D eigenvalue weighted by Crippen LogP contribution is -2.35. The van der Waals surface area contributed by atoms with Gasteiger partial charge in [0, 0.05) is 10.2 Å². The summed E-state index contributed by atoms with van der Waals surface area (Å²) in [6.07, 6.45) is 2.68. The SMILES string of the molecule is C[C@@H]1CC[C@@H]2C(=O)N(CNc3ccc(Oc4ccc(Br)cc4)cc3)C(=O)[C@H]2C1. The lowest BCUT2D eigenvalue weighted by Gasteiger charge is -2.25. The summed E-state index contributed by atoms with van der Waals surface area (Å²) in [5, 5.41) is 3.19. The van der Waals surface area contributed by atoms with Crippen LogP contribution in [0.2, 0.25) is 0 Å². The van der Waals surface area contributed by atoms with Gasteiger partial charge in [-0.1, -0.05) is 22.9 Å². The van der Waals surface area contributed by atoms with Gasteiger partial charge in [-0.3, -0.25) is 14.5 Å². The number of carbonyl (C=O) groups is 2. The first-order chi connectivity index (χ1) is 13.5. The van der Waals surface area contributed by atoms with Crippen LogP contribution in [0, 0.1) is 17.8 Å². The number of rotatable bonds is 5. The van der Waals surface area contributed by atoms with E-state index in [9.17, 15) is 9.59 Å². The van der Waals surface area contributed by atoms with E-state index in [-0.39, 0.29) is 30.3 Å². The Balaban J connectivity index is 1.35. The first-order valence-corrected chi connectivity index (χ1v) is 10.4. The third-order valence-corrected chi connectivity index (χ3v) is 6.15. The Morgan fingerprint density at radius 3 is 2.25 bits per heavy atom. The van der Waals surface area contributed by atoms with Gasteiger partial charge in [0.05, 0.1) is 18.5 Å². The van der Waals surface area contributed by atoms with Crippen molar-refractivity contribution in [2.45, 2.75) is 26.2 Å². The second-order valence-corrected chi connectivity index (χ2v) is 8.57. The van der Waals surface area contributed by atoms with E-state index in [2.05, 4.69) is 28.2 Å². The number of carbonyl (C=O) groups excluding carboxylic acids is 2. The minimum atomic E-state index is -0.125. The van der Waals surface area contributed by atoms with Crippen molar-refractivity contribution in [3.05, 3.63) is 53.0 Å². The molecule has 0 radical (unpaired) electrons. The summed E-state index contributed by atoms with van der Waals surface area (Å²) in [6.45, 7) is 2.37. The molecule has 0 unspecified atom stereocenters. The highest BCUT2D eigenvalue weighted by Crippen LogP contribution is 2.40. The molecule has 1 aliphatic heterocycles. The van der Waals surface area contributed by atoms with Gasteiger partial charge in [-0.2, -0.15) is 0 Å². The topological polar surface area (TPSA) is 58.6 Å². The van der Waals surface area contributed by atoms with E-state index < -0.39 is 0 Å². The van der Waals surface area contributed by atoms with Crippen LogP contribution in [0.3, 0.4) is 0 Å². The zero-order chi connectivity index (χ0) is 19.7. The van der Waals surface area contributed by atoms with E-state index in [1.807, 2.05) is 48.5 Å². The molecular weight excluding hydrogens is 420 g/mol. The van der Waals surface area contributed by atoms with Crippen molar-refractivity contribution in [2.75, 3.05) is 12.0 Å². The van der Waals surface area contributed by atoms with Crippen molar-refractivity contribution in [1.29, 1.82) is 0 Å². The Bertz CT molecular complexity index is 866. The van der Waals surface area contributed by atoms with E-state index in [0.29, 0.717) is 5.92 Å². The fourth-order valence-corrected chi connectivity index (χ4v) is 4.33. The van der Waals surface area contributed by atoms with E-state index in [1.54, 1.807) is 0 Å². The Labute approximate surface area is 173 Å². The van der Waals surface area contributed by atoms with Gasteiger partial charge in [0.1, 0.15) is 11.5 Å². The number of nitrogens with zero attached hydrogens (tertiary/aromatic N) is 1. The summed E-state index contributed by atoms with van der Waals surface area (Å²) in [5.41, 5.74) is 0.840. The van der Waals surface area contributed by atoms with Gasteiger partial charge < -0.3 is 10.1 Å². The molecule has 0 aromatic heterocycles. The van der Waals surface area contributed by atoms with Crippen molar-refractivity contribution >= 4 is 33.4 Å². The molecule has 2 amide bonds. The molecule has 0 spiro atoms. The number of halogens is 1. The number of benzene rings is 2. The summed E-state index contributed by atoms with van der Waals surface area (Å²) >= 11 is 3.40. The van der Waals surface area contributed by atoms with E-state index in [0.717, 1.165) is 40.9 Å². The number of anilines is 1. The van der Waals surface area contributed by atoms with Crippen molar-refractivity contribution < 1.29 is 14.3 Å². The van der Waals surface area contributed by atoms with Crippen molar-refractivity contribution in [3.63, 3.8) is 0 Å². The average Bonchev–Trinajstić information content (AvgIpc) is 2.93. The maximum absolute atomic E-state index is 12.6. The molecule has 2 fully saturated rings. The van der Waals surface area contributed by atoms with Crippen molar-refractivity contribution in [3.8, 4) is 11.5 Å². The second-order valence-electron chi connectivity index (χ2n) is 7.65. The lowest BCUT2D eigenvalue weighted by molar-refractivity contribution is -0.139. The largest absolute Gasteiger partial charge is 0.457 e. The molecule has 28 heavy (non-hydrogen) atoms. The quantitative estimate of drug-likeness (QED) is 0.659. The minimum absolute atomic E-state index is 0.0235. The zero-order valence-electron chi connectivity index (χ0n) is 15.7. The summed E-state index contributed by atoms with van der Waals surface area (Å²) in [6, 6.07) is 15.1. The highest BCUT2D eigenvalue weighted by atomic mass is 79.9. The number of ether oxygens (including phenoxy) is 1. The monoisotopic (exact) mass is 442 g/mol. The molecule has 5 nitrogen and oxygen atoms in total. The lowest BCUT2D eigenvalue weighted by atomic mass is 9.76. The number of imide groups is 1. The first-order valence-electron chi connectivity index (χ1n) is 9.64. The fourth-order valence-electron chi connectivity index (χ4n) is 4.06. The predicted molar refractivity (Wildman–Crippen MR) is 111 cm³/mol. The van der Waals surface area contributed by atoms with Crippen LogP contribution in [0.15, 0.2) is 53.0 Å². The van der Waals surface area contributed by atoms with Crippen LogP contribution < -0.4 is 10.1 Å². The van der Waals surface area contributed by atoms with Gasteiger partial charge in [-0.15, -0.1) is 0 Å². The van der Waals surface area contributed by atoms with Gasteiger partial charge in [0.15, 0.2) is 0 Å². The van der Waals surface area contributed by atoms with Gasteiger partial charge in [-0.25, -0.2) is 0 Å². The van der Waals surface area contributed by atoms with Crippen LogP contribution in [0.25, 0.3) is 0 Å². The van der Waals surface area contributed by atoms with E-state index >= 15 is 0 Å². The normalized spacial score (nSPS) is 24.2. The molecule has 1 heterocycles. The zero-order valence-corrected chi connectivity index (χ0v) is 17.3. The van der Waals surface area contributed by atoms with Gasteiger partial charge in [-0.05, 0) is 73.7 Å². The Morgan fingerprint density at radius 1 is 0.964 bits per heavy atom.